The summed E-state index contributed by atoms with van der Waals surface area (Å²) in [5.74, 6) is 1.38. The molecular weight excluding hydrogens is 296 g/mol. The molecule has 0 atom stereocenters. The van der Waals surface area contributed by atoms with Crippen molar-refractivity contribution in [3.05, 3.63) is 27.7 Å². The first-order valence-electron chi connectivity index (χ1n) is 5.50. The summed E-state index contributed by atoms with van der Waals surface area (Å²) in [7, 11) is 3.22. The Morgan fingerprint density at radius 1 is 1.33 bits per heavy atom. The number of halogens is 1. The smallest absolute Gasteiger partial charge is 0.161 e. The lowest BCUT2D eigenvalue weighted by molar-refractivity contribution is 0.354. The predicted molar refractivity (Wildman–Crippen MR) is 72.7 cm³/mol. The van der Waals surface area contributed by atoms with E-state index in [-0.39, 0.29) is 0 Å². The molecule has 1 aromatic rings. The van der Waals surface area contributed by atoms with Gasteiger partial charge in [-0.15, -0.1) is 0 Å². The Labute approximate surface area is 114 Å². The van der Waals surface area contributed by atoms with Crippen LogP contribution < -0.4 is 14.8 Å². The summed E-state index contributed by atoms with van der Waals surface area (Å²) in [5.41, 5.74) is 2.93. The van der Waals surface area contributed by atoms with Crippen molar-refractivity contribution in [2.45, 2.75) is 6.42 Å². The van der Waals surface area contributed by atoms with Gasteiger partial charge in [0, 0.05) is 12.1 Å². The molecule has 0 saturated heterocycles. The summed E-state index contributed by atoms with van der Waals surface area (Å²) in [6.45, 7) is 0.800. The molecule has 1 N–H and O–H groups in total. The Bertz CT molecular complexity index is 547. The highest BCUT2D eigenvalue weighted by Crippen LogP contribution is 2.36. The molecule has 0 radical (unpaired) electrons. The lowest BCUT2D eigenvalue weighted by atomic mass is 9.97. The molecule has 1 aromatic carbocycles. The number of ether oxygens (including phenoxy) is 2. The number of nitrogens with zero attached hydrogens (tertiary/aromatic N) is 1. The van der Waals surface area contributed by atoms with Gasteiger partial charge in [0.15, 0.2) is 11.5 Å². The lowest BCUT2D eigenvalue weighted by Gasteiger charge is -2.23. The van der Waals surface area contributed by atoms with E-state index in [4.69, 9.17) is 14.7 Å². The van der Waals surface area contributed by atoms with E-state index in [1.54, 1.807) is 14.2 Å². The number of hydrogen-bond donors (Lipinski definition) is 1. The van der Waals surface area contributed by atoms with Crippen molar-refractivity contribution >= 4 is 21.6 Å². The minimum atomic E-state index is 0.496. The summed E-state index contributed by atoms with van der Waals surface area (Å²) >= 11 is 3.27. The van der Waals surface area contributed by atoms with Gasteiger partial charge in [0.05, 0.1) is 19.9 Å². The number of nitrogens with one attached hydrogen (secondary N) is 1. The quantitative estimate of drug-likeness (QED) is 0.853. The third-order valence-corrected chi connectivity index (χ3v) is 3.47. The molecule has 94 valence electrons. The van der Waals surface area contributed by atoms with E-state index in [1.165, 1.54) is 0 Å². The van der Waals surface area contributed by atoms with Crippen LogP contribution in [0.15, 0.2) is 16.6 Å². The van der Waals surface area contributed by atoms with Crippen LogP contribution in [0.3, 0.4) is 0 Å². The summed E-state index contributed by atoms with van der Waals surface area (Å²) < 4.78 is 11.1. The second-order valence-corrected chi connectivity index (χ2v) is 4.63. The standard InChI is InChI=1S/C13H13BrN2O2/c1-17-11-5-8-3-4-16-13(10(14)7-15)9(8)6-12(11)18-2/h5-6,16H,3-4H2,1-2H3. The van der Waals surface area contributed by atoms with Crippen molar-refractivity contribution in [2.75, 3.05) is 20.8 Å². The molecule has 18 heavy (non-hydrogen) atoms. The molecule has 0 amide bonds. The number of methoxy groups -OCH3 is 2. The zero-order valence-electron chi connectivity index (χ0n) is 10.2. The first kappa shape index (κ1) is 12.8. The molecule has 1 aliphatic rings. The fourth-order valence-electron chi connectivity index (χ4n) is 2.03. The second-order valence-electron chi connectivity index (χ2n) is 3.84. The van der Waals surface area contributed by atoms with Crippen LogP contribution in [0.5, 0.6) is 11.5 Å². The zero-order chi connectivity index (χ0) is 13.1. The molecule has 0 saturated carbocycles. The van der Waals surface area contributed by atoms with Crippen LogP contribution in [-0.4, -0.2) is 20.8 Å². The third kappa shape index (κ3) is 2.16. The van der Waals surface area contributed by atoms with Crippen LogP contribution >= 0.6 is 15.9 Å². The normalized spacial score (nSPS) is 16.1. The highest BCUT2D eigenvalue weighted by molar-refractivity contribution is 9.12. The van der Waals surface area contributed by atoms with E-state index in [2.05, 4.69) is 27.3 Å². The Hall–Kier alpha value is -1.67. The van der Waals surface area contributed by atoms with Crippen LogP contribution in [0, 0.1) is 11.3 Å². The van der Waals surface area contributed by atoms with Crippen molar-refractivity contribution in [3.8, 4) is 17.6 Å². The van der Waals surface area contributed by atoms with Crippen LogP contribution in [0.2, 0.25) is 0 Å². The average Bonchev–Trinajstić information content (AvgIpc) is 2.44. The van der Waals surface area contributed by atoms with E-state index in [9.17, 15) is 0 Å². The van der Waals surface area contributed by atoms with Gasteiger partial charge in [-0.25, -0.2) is 0 Å². The predicted octanol–water partition coefficient (Wildman–Crippen LogP) is 2.44. The van der Waals surface area contributed by atoms with Crippen LogP contribution in [0.25, 0.3) is 5.70 Å². The summed E-state index contributed by atoms with van der Waals surface area (Å²) in [5, 5.41) is 12.2. The van der Waals surface area contributed by atoms with E-state index < -0.39 is 0 Å². The van der Waals surface area contributed by atoms with Gasteiger partial charge in [0.25, 0.3) is 0 Å². The van der Waals surface area contributed by atoms with E-state index in [0.717, 1.165) is 29.8 Å². The first-order chi connectivity index (χ1) is 8.71. The molecule has 0 aliphatic carbocycles. The molecule has 0 fully saturated rings. The fraction of sp³-hybridized carbons (Fsp3) is 0.308. The maximum Gasteiger partial charge on any atom is 0.161 e. The van der Waals surface area contributed by atoms with Crippen LogP contribution in [0.1, 0.15) is 11.1 Å². The van der Waals surface area contributed by atoms with E-state index in [1.807, 2.05) is 12.1 Å². The largest absolute Gasteiger partial charge is 0.493 e. The van der Waals surface area contributed by atoms with Gasteiger partial charge in [-0.05, 0) is 40.0 Å². The van der Waals surface area contributed by atoms with Crippen molar-refractivity contribution in [2.24, 2.45) is 0 Å². The van der Waals surface area contributed by atoms with Gasteiger partial charge in [0.1, 0.15) is 10.6 Å². The maximum atomic E-state index is 8.99. The van der Waals surface area contributed by atoms with E-state index in [0.29, 0.717) is 16.0 Å². The molecule has 1 heterocycles. The minimum absolute atomic E-state index is 0.496. The molecule has 2 rings (SSSR count). The van der Waals surface area contributed by atoms with E-state index >= 15 is 0 Å². The highest BCUT2D eigenvalue weighted by atomic mass is 79.9. The molecule has 4 nitrogen and oxygen atoms in total. The molecular formula is C13H13BrN2O2. The molecule has 0 unspecified atom stereocenters. The van der Waals surface area contributed by atoms with Crippen molar-refractivity contribution in [3.63, 3.8) is 0 Å². The van der Waals surface area contributed by atoms with Gasteiger partial charge in [-0.2, -0.15) is 5.26 Å². The second kappa shape index (κ2) is 5.32. The molecule has 1 aliphatic heterocycles. The number of allylic oxidation sites excluding steroid dienone is 1. The number of nitriles is 1. The number of rotatable bonds is 2. The first-order valence-corrected chi connectivity index (χ1v) is 6.29. The lowest BCUT2D eigenvalue weighted by Crippen LogP contribution is -2.23. The molecule has 0 spiro atoms. The number of benzene rings is 1. The van der Waals surface area contributed by atoms with Gasteiger partial charge in [0.2, 0.25) is 0 Å². The Balaban J connectivity index is 2.62. The maximum absolute atomic E-state index is 8.99. The summed E-state index contributed by atoms with van der Waals surface area (Å²) in [6, 6.07) is 5.97. The summed E-state index contributed by atoms with van der Waals surface area (Å²) in [6.07, 6.45) is 0.894. The fourth-order valence-corrected chi connectivity index (χ4v) is 2.38. The van der Waals surface area contributed by atoms with Crippen molar-refractivity contribution < 1.29 is 9.47 Å². The minimum Gasteiger partial charge on any atom is -0.493 e. The molecule has 0 bridgehead atoms. The zero-order valence-corrected chi connectivity index (χ0v) is 11.8. The van der Waals surface area contributed by atoms with Crippen LogP contribution in [-0.2, 0) is 6.42 Å². The summed E-state index contributed by atoms with van der Waals surface area (Å²) in [4.78, 5) is 0. The Morgan fingerprint density at radius 3 is 2.61 bits per heavy atom. The number of fused-ring (bicyclic) bond motifs is 1. The third-order valence-electron chi connectivity index (χ3n) is 2.89. The Morgan fingerprint density at radius 2 is 2.00 bits per heavy atom. The highest BCUT2D eigenvalue weighted by Gasteiger charge is 2.20. The van der Waals surface area contributed by atoms with Gasteiger partial charge in [-0.3, -0.25) is 0 Å². The van der Waals surface area contributed by atoms with Crippen LogP contribution in [0.4, 0.5) is 0 Å². The average molecular weight is 309 g/mol. The van der Waals surface area contributed by atoms with Gasteiger partial charge >= 0.3 is 0 Å². The topological polar surface area (TPSA) is 54.3 Å². The van der Waals surface area contributed by atoms with Gasteiger partial charge < -0.3 is 14.8 Å². The molecule has 0 aromatic heterocycles. The van der Waals surface area contributed by atoms with Gasteiger partial charge in [-0.1, -0.05) is 0 Å². The Kier molecular flexibility index (Phi) is 3.78. The monoisotopic (exact) mass is 308 g/mol. The number of hydrogen-bond acceptors (Lipinski definition) is 4. The molecule has 5 heteroatoms. The van der Waals surface area contributed by atoms with Crippen molar-refractivity contribution in [1.29, 1.82) is 5.26 Å². The SMILES string of the molecule is COc1cc2c(cc1OC)C(=C(Br)C#N)NCC2. The van der Waals surface area contributed by atoms with Crippen molar-refractivity contribution in [1.82, 2.24) is 5.32 Å².